The molecule has 1 unspecified atom stereocenters. The summed E-state index contributed by atoms with van der Waals surface area (Å²) in [5.74, 6) is 0.341. The second-order valence-corrected chi connectivity index (χ2v) is 7.16. The third-order valence-corrected chi connectivity index (χ3v) is 5.06. The first-order chi connectivity index (χ1) is 11.4. The maximum absolute atomic E-state index is 11.4. The van der Waals surface area contributed by atoms with Crippen molar-refractivity contribution in [3.63, 3.8) is 0 Å². The smallest absolute Gasteiger partial charge is 0.338 e. The summed E-state index contributed by atoms with van der Waals surface area (Å²) in [6, 6.07) is 5.84. The highest BCUT2D eigenvalue weighted by Gasteiger charge is 2.33. The highest BCUT2D eigenvalue weighted by Crippen LogP contribution is 2.32. The van der Waals surface area contributed by atoms with E-state index in [4.69, 9.17) is 0 Å². The lowest BCUT2D eigenvalue weighted by atomic mass is 9.87. The summed E-state index contributed by atoms with van der Waals surface area (Å²) in [7, 11) is 0. The maximum atomic E-state index is 11.4. The number of rotatable bonds is 5. The van der Waals surface area contributed by atoms with Gasteiger partial charge in [-0.2, -0.15) is 0 Å². The summed E-state index contributed by atoms with van der Waals surface area (Å²) in [4.78, 5) is 13.5. The van der Waals surface area contributed by atoms with Gasteiger partial charge in [0.2, 0.25) is 5.82 Å². The molecule has 130 valence electrons. The minimum atomic E-state index is -0.363. The van der Waals surface area contributed by atoms with Crippen LogP contribution in [0.1, 0.15) is 40.0 Å². The lowest BCUT2D eigenvalue weighted by Gasteiger charge is -2.46. The van der Waals surface area contributed by atoms with Crippen molar-refractivity contribution in [2.24, 2.45) is 0 Å². The fourth-order valence-corrected chi connectivity index (χ4v) is 3.83. The zero-order valence-corrected chi connectivity index (χ0v) is 14.5. The van der Waals surface area contributed by atoms with E-state index in [1.165, 1.54) is 19.3 Å². The monoisotopic (exact) mass is 331 g/mol. The van der Waals surface area contributed by atoms with Crippen molar-refractivity contribution < 1.29 is 4.92 Å². The van der Waals surface area contributed by atoms with Gasteiger partial charge in [-0.05, 0) is 45.7 Å². The van der Waals surface area contributed by atoms with Gasteiger partial charge >= 0.3 is 5.69 Å². The Kier molecular flexibility index (Phi) is 4.45. The Balaban J connectivity index is 1.74. The van der Waals surface area contributed by atoms with Gasteiger partial charge in [0.05, 0.1) is 4.92 Å². The number of hydrogen-bond donors (Lipinski definition) is 1. The fraction of sp³-hybridized carbons (Fsp3) is 0.588. The van der Waals surface area contributed by atoms with Crippen LogP contribution in [0.5, 0.6) is 0 Å². The summed E-state index contributed by atoms with van der Waals surface area (Å²) >= 11 is 0. The van der Waals surface area contributed by atoms with Crippen molar-refractivity contribution in [1.82, 2.24) is 14.5 Å². The first-order valence-corrected chi connectivity index (χ1v) is 8.52. The number of anilines is 1. The molecule has 0 aliphatic carbocycles. The Morgan fingerprint density at radius 1 is 1.46 bits per heavy atom. The number of nitro groups is 1. The molecule has 3 heterocycles. The van der Waals surface area contributed by atoms with E-state index in [0.717, 1.165) is 6.54 Å². The van der Waals surface area contributed by atoms with E-state index < -0.39 is 0 Å². The van der Waals surface area contributed by atoms with E-state index in [1.54, 1.807) is 22.8 Å². The molecule has 0 radical (unpaired) electrons. The lowest BCUT2D eigenvalue weighted by Crippen LogP contribution is -2.53. The molecular weight excluding hydrogens is 306 g/mol. The van der Waals surface area contributed by atoms with Crippen LogP contribution in [0.2, 0.25) is 0 Å². The molecule has 0 saturated carbocycles. The van der Waals surface area contributed by atoms with Gasteiger partial charge in [0.1, 0.15) is 5.52 Å². The Labute approximate surface area is 141 Å². The van der Waals surface area contributed by atoms with Gasteiger partial charge < -0.3 is 5.32 Å². The number of aromatic nitrogens is 2. The molecule has 3 rings (SSSR count). The standard InChI is InChI=1S/C17H25N5O2/c1-13-7-6-9-17(2,3)20(13)12-10-18-16-15(22(23)24)14-8-4-5-11-21(14)19-16/h4-5,8,11,13H,6-7,9-10,12H2,1-3H3,(H,18,19). The van der Waals surface area contributed by atoms with Crippen LogP contribution >= 0.6 is 0 Å². The average molecular weight is 331 g/mol. The van der Waals surface area contributed by atoms with Gasteiger partial charge in [0.15, 0.2) is 0 Å². The minimum Gasteiger partial charge on any atom is -0.362 e. The second-order valence-electron chi connectivity index (χ2n) is 7.16. The summed E-state index contributed by atoms with van der Waals surface area (Å²) in [6.45, 7) is 8.29. The van der Waals surface area contributed by atoms with Crippen molar-refractivity contribution in [2.75, 3.05) is 18.4 Å². The topological polar surface area (TPSA) is 75.7 Å². The molecule has 24 heavy (non-hydrogen) atoms. The number of fused-ring (bicyclic) bond motifs is 1. The summed E-state index contributed by atoms with van der Waals surface area (Å²) in [5.41, 5.74) is 0.725. The Morgan fingerprint density at radius 2 is 2.25 bits per heavy atom. The van der Waals surface area contributed by atoms with Crippen molar-refractivity contribution >= 4 is 17.0 Å². The van der Waals surface area contributed by atoms with Gasteiger partial charge in [-0.25, -0.2) is 4.52 Å². The number of nitrogens with zero attached hydrogens (tertiary/aromatic N) is 4. The molecular formula is C17H25N5O2. The number of likely N-dealkylation sites (tertiary alicyclic amines) is 1. The molecule has 1 fully saturated rings. The number of piperidine rings is 1. The summed E-state index contributed by atoms with van der Waals surface area (Å²) < 4.78 is 1.55. The normalized spacial score (nSPS) is 21.0. The molecule has 7 nitrogen and oxygen atoms in total. The molecule has 1 N–H and O–H groups in total. The molecule has 2 aromatic rings. The average Bonchev–Trinajstić information content (AvgIpc) is 2.88. The van der Waals surface area contributed by atoms with Crippen LogP contribution in [0.25, 0.3) is 5.52 Å². The van der Waals surface area contributed by atoms with Crippen molar-refractivity contribution in [3.05, 3.63) is 34.5 Å². The number of nitrogens with one attached hydrogen (secondary N) is 1. The van der Waals surface area contributed by atoms with E-state index in [9.17, 15) is 10.1 Å². The predicted octanol–water partition coefficient (Wildman–Crippen LogP) is 3.31. The van der Waals surface area contributed by atoms with Crippen LogP contribution in [0.15, 0.2) is 24.4 Å². The van der Waals surface area contributed by atoms with E-state index in [0.29, 0.717) is 23.9 Å². The fourth-order valence-electron chi connectivity index (χ4n) is 3.83. The van der Waals surface area contributed by atoms with Gasteiger partial charge in [-0.15, -0.1) is 5.10 Å². The molecule has 0 spiro atoms. The quantitative estimate of drug-likeness (QED) is 0.672. The second kappa shape index (κ2) is 6.39. The van der Waals surface area contributed by atoms with Crippen LogP contribution in [-0.2, 0) is 0 Å². The van der Waals surface area contributed by atoms with Gasteiger partial charge in [-0.3, -0.25) is 15.0 Å². The van der Waals surface area contributed by atoms with E-state index >= 15 is 0 Å². The molecule has 2 aromatic heterocycles. The Bertz CT molecular complexity index is 740. The van der Waals surface area contributed by atoms with Crippen LogP contribution in [0.4, 0.5) is 11.5 Å². The first-order valence-electron chi connectivity index (χ1n) is 8.52. The highest BCUT2D eigenvalue weighted by molar-refractivity contribution is 5.76. The Hall–Kier alpha value is -2.15. The zero-order valence-electron chi connectivity index (χ0n) is 14.5. The molecule has 0 aromatic carbocycles. The van der Waals surface area contributed by atoms with E-state index in [-0.39, 0.29) is 16.1 Å². The largest absolute Gasteiger partial charge is 0.362 e. The summed E-state index contributed by atoms with van der Waals surface area (Å²) in [5, 5.41) is 18.9. The molecule has 0 amide bonds. The molecule has 7 heteroatoms. The van der Waals surface area contributed by atoms with Crippen molar-refractivity contribution in [1.29, 1.82) is 0 Å². The first kappa shape index (κ1) is 16.7. The zero-order chi connectivity index (χ0) is 17.3. The van der Waals surface area contributed by atoms with Crippen molar-refractivity contribution in [3.8, 4) is 0 Å². The Morgan fingerprint density at radius 3 is 2.96 bits per heavy atom. The van der Waals surface area contributed by atoms with E-state index in [1.807, 2.05) is 6.07 Å². The van der Waals surface area contributed by atoms with Crippen LogP contribution in [-0.4, -0.2) is 44.1 Å². The molecule has 1 aliphatic rings. The summed E-state index contributed by atoms with van der Waals surface area (Å²) in [6.07, 6.45) is 5.38. The molecule has 0 bridgehead atoms. The SMILES string of the molecule is CC1CCCC(C)(C)N1CCNc1nn2ccccc2c1[N+](=O)[O-]. The minimum absolute atomic E-state index is 0.0431. The number of pyridine rings is 1. The third-order valence-electron chi connectivity index (χ3n) is 5.06. The molecule has 1 saturated heterocycles. The predicted molar refractivity (Wildman–Crippen MR) is 94.4 cm³/mol. The van der Waals surface area contributed by atoms with Gasteiger partial charge in [0, 0.05) is 30.9 Å². The van der Waals surface area contributed by atoms with Crippen LogP contribution in [0.3, 0.4) is 0 Å². The highest BCUT2D eigenvalue weighted by atomic mass is 16.6. The van der Waals surface area contributed by atoms with E-state index in [2.05, 4.69) is 36.1 Å². The lowest BCUT2D eigenvalue weighted by molar-refractivity contribution is -0.382. The van der Waals surface area contributed by atoms with Crippen LogP contribution < -0.4 is 5.32 Å². The van der Waals surface area contributed by atoms with Crippen molar-refractivity contribution in [2.45, 2.75) is 51.6 Å². The van der Waals surface area contributed by atoms with Gasteiger partial charge in [0.25, 0.3) is 0 Å². The van der Waals surface area contributed by atoms with Gasteiger partial charge in [-0.1, -0.05) is 12.5 Å². The van der Waals surface area contributed by atoms with Crippen LogP contribution in [0, 0.1) is 10.1 Å². The third kappa shape index (κ3) is 3.08. The molecule has 1 atom stereocenters. The maximum Gasteiger partial charge on any atom is 0.338 e. The number of hydrogen-bond acceptors (Lipinski definition) is 5. The molecule has 1 aliphatic heterocycles.